The molecule has 0 saturated carbocycles. The quantitative estimate of drug-likeness (QED) is 0.670. The van der Waals surface area contributed by atoms with E-state index in [1.807, 2.05) is 5.38 Å². The molecule has 0 unspecified atom stereocenters. The summed E-state index contributed by atoms with van der Waals surface area (Å²) >= 11 is 1.47. The number of anilines is 2. The van der Waals surface area contributed by atoms with Gasteiger partial charge in [0.2, 0.25) is 5.91 Å². The first kappa shape index (κ1) is 18.5. The van der Waals surface area contributed by atoms with Crippen LogP contribution >= 0.6 is 11.3 Å². The Hall–Kier alpha value is -3.26. The van der Waals surface area contributed by atoms with Gasteiger partial charge in [0.25, 0.3) is 5.91 Å². The van der Waals surface area contributed by atoms with Gasteiger partial charge in [-0.25, -0.2) is 9.37 Å². The van der Waals surface area contributed by atoms with Crippen molar-refractivity contribution in [1.29, 1.82) is 0 Å². The van der Waals surface area contributed by atoms with Crippen LogP contribution in [0.4, 0.5) is 15.8 Å². The fourth-order valence-corrected chi connectivity index (χ4v) is 2.83. The number of hydrogen-bond acceptors (Lipinski definition) is 5. The third kappa shape index (κ3) is 5.11. The zero-order valence-corrected chi connectivity index (χ0v) is 15.2. The summed E-state index contributed by atoms with van der Waals surface area (Å²) in [4.78, 5) is 27.7. The summed E-state index contributed by atoms with van der Waals surface area (Å²) in [5.74, 6) is -0.881. The molecule has 0 bridgehead atoms. The molecule has 3 rings (SSSR count). The first-order valence-electron chi connectivity index (χ1n) is 7.99. The number of hydrogen-bond donors (Lipinski definition) is 2. The van der Waals surface area contributed by atoms with E-state index in [1.165, 1.54) is 36.5 Å². The Morgan fingerprint density at radius 3 is 2.78 bits per heavy atom. The van der Waals surface area contributed by atoms with Gasteiger partial charge in [-0.2, -0.15) is 0 Å². The van der Waals surface area contributed by atoms with Crippen LogP contribution in [0.15, 0.2) is 53.4 Å². The number of carbonyl (C=O) groups excluding carboxylic acids is 2. The molecule has 0 fully saturated rings. The standard InChI is InChI=1S/C19H16FN3O3S/c1-12(24)22-14-5-6-17(20)18(8-14)23-19(25)13-3-2-4-16(7-13)26-9-15-10-27-11-21-15/h2-8,10-11H,9H2,1H3,(H,22,24)(H,23,25). The van der Waals surface area contributed by atoms with E-state index in [2.05, 4.69) is 15.6 Å². The minimum Gasteiger partial charge on any atom is -0.487 e. The molecule has 1 heterocycles. The molecular weight excluding hydrogens is 369 g/mol. The van der Waals surface area contributed by atoms with Crippen LogP contribution in [0.5, 0.6) is 5.75 Å². The zero-order chi connectivity index (χ0) is 19.2. The monoisotopic (exact) mass is 385 g/mol. The van der Waals surface area contributed by atoms with E-state index >= 15 is 0 Å². The zero-order valence-electron chi connectivity index (χ0n) is 14.4. The summed E-state index contributed by atoms with van der Waals surface area (Å²) in [6.07, 6.45) is 0. The normalized spacial score (nSPS) is 10.3. The number of nitrogens with zero attached hydrogens (tertiary/aromatic N) is 1. The Kier molecular flexibility index (Phi) is 5.77. The maximum atomic E-state index is 14.0. The number of rotatable bonds is 6. The van der Waals surface area contributed by atoms with Gasteiger partial charge in [-0.3, -0.25) is 9.59 Å². The lowest BCUT2D eigenvalue weighted by molar-refractivity contribution is -0.114. The van der Waals surface area contributed by atoms with Crippen LogP contribution in [0.3, 0.4) is 0 Å². The predicted octanol–water partition coefficient (Wildman–Crippen LogP) is 4.07. The molecule has 1 aromatic heterocycles. The molecule has 0 radical (unpaired) electrons. The third-order valence-electron chi connectivity index (χ3n) is 3.50. The van der Waals surface area contributed by atoms with E-state index in [0.717, 1.165) is 5.69 Å². The van der Waals surface area contributed by atoms with Crippen molar-refractivity contribution in [3.63, 3.8) is 0 Å². The van der Waals surface area contributed by atoms with Gasteiger partial charge in [0.05, 0.1) is 16.9 Å². The number of nitrogens with one attached hydrogen (secondary N) is 2. The highest BCUT2D eigenvalue weighted by atomic mass is 32.1. The van der Waals surface area contributed by atoms with Crippen LogP contribution in [-0.4, -0.2) is 16.8 Å². The molecule has 0 aliphatic rings. The van der Waals surface area contributed by atoms with Crippen molar-refractivity contribution in [3.8, 4) is 5.75 Å². The van der Waals surface area contributed by atoms with E-state index in [9.17, 15) is 14.0 Å². The summed E-state index contributed by atoms with van der Waals surface area (Å²) < 4.78 is 19.6. The van der Waals surface area contributed by atoms with Gasteiger partial charge in [-0.05, 0) is 36.4 Å². The highest BCUT2D eigenvalue weighted by molar-refractivity contribution is 7.07. The second kappa shape index (κ2) is 8.41. The van der Waals surface area contributed by atoms with Crippen molar-refractivity contribution in [3.05, 3.63) is 70.4 Å². The van der Waals surface area contributed by atoms with Gasteiger partial charge in [0, 0.05) is 23.6 Å². The molecular formula is C19H16FN3O3S. The molecule has 3 aromatic rings. The molecule has 0 saturated heterocycles. The minimum absolute atomic E-state index is 0.0277. The second-order valence-corrected chi connectivity index (χ2v) is 6.34. The SMILES string of the molecule is CC(=O)Nc1ccc(F)c(NC(=O)c2cccc(OCc3cscn3)c2)c1. The highest BCUT2D eigenvalue weighted by Crippen LogP contribution is 2.22. The van der Waals surface area contributed by atoms with E-state index in [0.29, 0.717) is 23.6 Å². The summed E-state index contributed by atoms with van der Waals surface area (Å²) in [6.45, 7) is 1.64. The number of benzene rings is 2. The number of aromatic nitrogens is 1. The molecule has 8 heteroatoms. The van der Waals surface area contributed by atoms with E-state index in [-0.39, 0.29) is 11.6 Å². The number of halogens is 1. The van der Waals surface area contributed by atoms with Gasteiger partial charge in [-0.1, -0.05) is 6.07 Å². The first-order valence-corrected chi connectivity index (χ1v) is 8.94. The second-order valence-electron chi connectivity index (χ2n) is 5.63. The topological polar surface area (TPSA) is 80.3 Å². The highest BCUT2D eigenvalue weighted by Gasteiger charge is 2.12. The number of ether oxygens (including phenoxy) is 1. The number of carbonyl (C=O) groups is 2. The van der Waals surface area contributed by atoms with Gasteiger partial charge < -0.3 is 15.4 Å². The molecule has 138 valence electrons. The van der Waals surface area contributed by atoms with Crippen molar-refractivity contribution in [2.45, 2.75) is 13.5 Å². The van der Waals surface area contributed by atoms with Gasteiger partial charge in [-0.15, -0.1) is 11.3 Å². The van der Waals surface area contributed by atoms with Gasteiger partial charge in [0.1, 0.15) is 18.2 Å². The largest absolute Gasteiger partial charge is 0.487 e. The summed E-state index contributed by atoms with van der Waals surface area (Å²) in [6, 6.07) is 10.5. The molecule has 0 aliphatic heterocycles. The lowest BCUT2D eigenvalue weighted by Gasteiger charge is -2.10. The maximum Gasteiger partial charge on any atom is 0.255 e. The van der Waals surface area contributed by atoms with Crippen LogP contribution < -0.4 is 15.4 Å². The van der Waals surface area contributed by atoms with Crippen LogP contribution in [0.2, 0.25) is 0 Å². The molecule has 0 spiro atoms. The summed E-state index contributed by atoms with van der Waals surface area (Å²) in [5, 5.41) is 6.92. The Labute approximate surface area is 159 Å². The number of amides is 2. The molecule has 0 atom stereocenters. The molecule has 0 aliphatic carbocycles. The average Bonchev–Trinajstić information content (AvgIpc) is 3.16. The minimum atomic E-state index is -0.603. The van der Waals surface area contributed by atoms with Crippen LogP contribution in [0, 0.1) is 5.82 Å². The van der Waals surface area contributed by atoms with Gasteiger partial charge >= 0.3 is 0 Å². The fourth-order valence-electron chi connectivity index (χ4n) is 2.29. The van der Waals surface area contributed by atoms with Crippen molar-refractivity contribution >= 4 is 34.5 Å². The Morgan fingerprint density at radius 1 is 1.19 bits per heavy atom. The third-order valence-corrected chi connectivity index (χ3v) is 4.14. The van der Waals surface area contributed by atoms with E-state index in [1.54, 1.807) is 29.8 Å². The van der Waals surface area contributed by atoms with Crippen molar-refractivity contribution in [2.75, 3.05) is 10.6 Å². The lowest BCUT2D eigenvalue weighted by Crippen LogP contribution is -2.14. The van der Waals surface area contributed by atoms with E-state index in [4.69, 9.17) is 4.74 Å². The lowest BCUT2D eigenvalue weighted by atomic mass is 10.2. The summed E-state index contributed by atoms with van der Waals surface area (Å²) in [5.41, 5.74) is 3.19. The molecule has 2 amide bonds. The van der Waals surface area contributed by atoms with E-state index < -0.39 is 11.7 Å². The maximum absolute atomic E-state index is 14.0. The predicted molar refractivity (Wildman–Crippen MR) is 102 cm³/mol. The van der Waals surface area contributed by atoms with Crippen LogP contribution in [0.25, 0.3) is 0 Å². The van der Waals surface area contributed by atoms with Gasteiger partial charge in [0.15, 0.2) is 0 Å². The molecule has 6 nitrogen and oxygen atoms in total. The smallest absolute Gasteiger partial charge is 0.255 e. The van der Waals surface area contributed by atoms with Crippen molar-refractivity contribution < 1.29 is 18.7 Å². The van der Waals surface area contributed by atoms with Crippen LogP contribution in [0.1, 0.15) is 23.0 Å². The Bertz CT molecular complexity index is 961. The average molecular weight is 385 g/mol. The summed E-state index contributed by atoms with van der Waals surface area (Å²) in [7, 11) is 0. The molecule has 27 heavy (non-hydrogen) atoms. The fraction of sp³-hybridized carbons (Fsp3) is 0.105. The Morgan fingerprint density at radius 2 is 2.04 bits per heavy atom. The van der Waals surface area contributed by atoms with Crippen LogP contribution in [-0.2, 0) is 11.4 Å². The molecule has 2 N–H and O–H groups in total. The molecule has 2 aromatic carbocycles. The number of thiazole rings is 1. The first-order chi connectivity index (χ1) is 13.0. The van der Waals surface area contributed by atoms with Crippen molar-refractivity contribution in [2.24, 2.45) is 0 Å². The van der Waals surface area contributed by atoms with Crippen molar-refractivity contribution in [1.82, 2.24) is 4.98 Å². The Balaban J connectivity index is 1.70.